The van der Waals surface area contributed by atoms with Gasteiger partial charge in [-0.25, -0.2) is 8.42 Å². The Bertz CT molecular complexity index is 1410. The number of ether oxygens (including phenoxy) is 2. The number of methoxy groups -OCH3 is 2. The number of amides is 2. The van der Waals surface area contributed by atoms with Gasteiger partial charge in [-0.05, 0) is 61.2 Å². The number of hydrogen-bond donors (Lipinski definition) is 2. The zero-order valence-corrected chi connectivity index (χ0v) is 22.9. The van der Waals surface area contributed by atoms with E-state index in [1.807, 2.05) is 18.2 Å². The molecular formula is C29H33N3O6S. The summed E-state index contributed by atoms with van der Waals surface area (Å²) in [7, 11) is -0.545. The summed E-state index contributed by atoms with van der Waals surface area (Å²) in [6, 6.07) is 20.6. The Morgan fingerprint density at radius 3 is 2.41 bits per heavy atom. The van der Waals surface area contributed by atoms with Gasteiger partial charge in [-0.2, -0.15) is 4.31 Å². The third-order valence-corrected chi connectivity index (χ3v) is 8.59. The molecule has 1 fully saturated rings. The fraction of sp³-hybridized carbons (Fsp3) is 0.310. The summed E-state index contributed by atoms with van der Waals surface area (Å²) in [6.45, 7) is 0.828. The van der Waals surface area contributed by atoms with Gasteiger partial charge in [0.2, 0.25) is 15.9 Å². The first-order valence-electron chi connectivity index (χ1n) is 12.8. The van der Waals surface area contributed by atoms with Crippen molar-refractivity contribution >= 4 is 27.5 Å². The third kappa shape index (κ3) is 6.76. The highest BCUT2D eigenvalue weighted by Gasteiger charge is 2.33. The Balaban J connectivity index is 1.38. The predicted octanol–water partition coefficient (Wildman–Crippen LogP) is 3.72. The first-order valence-corrected chi connectivity index (χ1v) is 14.2. The number of hydrogen-bond acceptors (Lipinski definition) is 6. The molecule has 206 valence electrons. The minimum atomic E-state index is -3.69. The van der Waals surface area contributed by atoms with Crippen molar-refractivity contribution in [2.24, 2.45) is 5.92 Å². The lowest BCUT2D eigenvalue weighted by Crippen LogP contribution is -2.43. The average Bonchev–Trinajstić information content (AvgIpc) is 2.97. The number of sulfonamides is 1. The molecule has 0 saturated carbocycles. The highest BCUT2D eigenvalue weighted by Crippen LogP contribution is 2.28. The maximum Gasteiger partial charge on any atom is 0.253 e. The molecule has 3 aromatic carbocycles. The fourth-order valence-electron chi connectivity index (χ4n) is 4.59. The van der Waals surface area contributed by atoms with E-state index in [1.54, 1.807) is 68.8 Å². The molecule has 10 heteroatoms. The molecule has 1 unspecified atom stereocenters. The van der Waals surface area contributed by atoms with E-state index in [0.29, 0.717) is 55.1 Å². The molecule has 9 nitrogen and oxygen atoms in total. The molecule has 2 N–H and O–H groups in total. The largest absolute Gasteiger partial charge is 0.493 e. The zero-order chi connectivity index (χ0) is 27.8. The fourth-order valence-corrected chi connectivity index (χ4v) is 6.14. The van der Waals surface area contributed by atoms with Crippen LogP contribution in [-0.4, -0.2) is 58.4 Å². The van der Waals surface area contributed by atoms with Crippen LogP contribution in [0.4, 0.5) is 5.69 Å². The average molecular weight is 552 g/mol. The summed E-state index contributed by atoms with van der Waals surface area (Å²) in [5, 5.41) is 5.76. The lowest BCUT2D eigenvalue weighted by molar-refractivity contribution is -0.120. The van der Waals surface area contributed by atoms with Gasteiger partial charge in [-0.1, -0.05) is 36.4 Å². The summed E-state index contributed by atoms with van der Waals surface area (Å²) in [5.74, 6) is 0.0937. The van der Waals surface area contributed by atoms with Crippen LogP contribution < -0.4 is 20.1 Å². The van der Waals surface area contributed by atoms with Gasteiger partial charge >= 0.3 is 0 Å². The molecule has 2 amide bonds. The summed E-state index contributed by atoms with van der Waals surface area (Å²) >= 11 is 0. The second-order valence-corrected chi connectivity index (χ2v) is 11.2. The van der Waals surface area contributed by atoms with E-state index in [2.05, 4.69) is 10.6 Å². The minimum absolute atomic E-state index is 0.0861. The van der Waals surface area contributed by atoms with Gasteiger partial charge in [0.1, 0.15) is 0 Å². The van der Waals surface area contributed by atoms with Crippen LogP contribution in [0.5, 0.6) is 11.5 Å². The van der Waals surface area contributed by atoms with Crippen LogP contribution in [0, 0.1) is 5.92 Å². The van der Waals surface area contributed by atoms with Gasteiger partial charge in [-0.15, -0.1) is 0 Å². The molecule has 0 spiro atoms. The van der Waals surface area contributed by atoms with Gasteiger partial charge in [0.15, 0.2) is 11.5 Å². The van der Waals surface area contributed by atoms with Crippen molar-refractivity contribution < 1.29 is 27.5 Å². The van der Waals surface area contributed by atoms with Crippen molar-refractivity contribution in [3.8, 4) is 11.5 Å². The SMILES string of the molecule is COc1ccc(CCNC(=O)c2ccccc2NC(=O)C2CCCN(S(=O)(=O)c3ccccc3)C2)cc1OC. The Labute approximate surface area is 229 Å². The lowest BCUT2D eigenvalue weighted by Gasteiger charge is -2.31. The highest BCUT2D eigenvalue weighted by atomic mass is 32.2. The van der Waals surface area contributed by atoms with Crippen molar-refractivity contribution in [1.29, 1.82) is 0 Å². The lowest BCUT2D eigenvalue weighted by atomic mass is 9.98. The molecule has 1 heterocycles. The molecule has 0 bridgehead atoms. The second-order valence-electron chi connectivity index (χ2n) is 9.25. The highest BCUT2D eigenvalue weighted by molar-refractivity contribution is 7.89. The van der Waals surface area contributed by atoms with Crippen LogP contribution in [0.3, 0.4) is 0 Å². The zero-order valence-electron chi connectivity index (χ0n) is 22.1. The van der Waals surface area contributed by atoms with E-state index >= 15 is 0 Å². The van der Waals surface area contributed by atoms with Gasteiger partial charge in [0.25, 0.3) is 5.91 Å². The molecular weight excluding hydrogens is 518 g/mol. The monoisotopic (exact) mass is 551 g/mol. The number of nitrogens with one attached hydrogen (secondary N) is 2. The van der Waals surface area contributed by atoms with Crippen LogP contribution in [0.25, 0.3) is 0 Å². The molecule has 0 aliphatic carbocycles. The maximum atomic E-state index is 13.2. The number of anilines is 1. The Morgan fingerprint density at radius 1 is 0.949 bits per heavy atom. The van der Waals surface area contributed by atoms with Gasteiger partial charge in [0, 0.05) is 19.6 Å². The van der Waals surface area contributed by atoms with E-state index in [4.69, 9.17) is 9.47 Å². The molecule has 0 aromatic heterocycles. The molecule has 1 atom stereocenters. The molecule has 1 aliphatic heterocycles. The number of benzene rings is 3. The van der Waals surface area contributed by atoms with Gasteiger partial charge < -0.3 is 20.1 Å². The Hall–Kier alpha value is -3.89. The first kappa shape index (κ1) is 28.1. The van der Waals surface area contributed by atoms with Crippen molar-refractivity contribution in [3.05, 3.63) is 83.9 Å². The quantitative estimate of drug-likeness (QED) is 0.397. The van der Waals surface area contributed by atoms with Crippen LogP contribution in [0.2, 0.25) is 0 Å². The topological polar surface area (TPSA) is 114 Å². The summed E-state index contributed by atoms with van der Waals surface area (Å²) in [5.41, 5.74) is 1.69. The molecule has 0 radical (unpaired) electrons. The summed E-state index contributed by atoms with van der Waals surface area (Å²) in [6.07, 6.45) is 1.71. The molecule has 3 aromatic rings. The van der Waals surface area contributed by atoms with Crippen molar-refractivity contribution in [2.75, 3.05) is 39.2 Å². The van der Waals surface area contributed by atoms with E-state index in [0.717, 1.165) is 5.56 Å². The van der Waals surface area contributed by atoms with E-state index < -0.39 is 15.9 Å². The normalized spacial score (nSPS) is 15.8. The van der Waals surface area contributed by atoms with E-state index in [9.17, 15) is 18.0 Å². The number of piperidine rings is 1. The van der Waals surface area contributed by atoms with Gasteiger partial charge in [0.05, 0.1) is 36.3 Å². The van der Waals surface area contributed by atoms with Crippen LogP contribution in [0.15, 0.2) is 77.7 Å². The first-order chi connectivity index (χ1) is 18.8. The number of carbonyl (C=O) groups excluding carboxylic acids is 2. The Morgan fingerprint density at radius 2 is 1.67 bits per heavy atom. The third-order valence-electron chi connectivity index (χ3n) is 6.71. The van der Waals surface area contributed by atoms with E-state index in [-0.39, 0.29) is 23.3 Å². The van der Waals surface area contributed by atoms with Crippen LogP contribution in [-0.2, 0) is 21.2 Å². The standard InChI is InChI=1S/C29H33N3O6S/c1-37-26-15-14-21(19-27(26)38-2)16-17-30-29(34)24-12-6-7-13-25(24)31-28(33)22-9-8-18-32(20-22)39(35,36)23-10-4-3-5-11-23/h3-7,10-15,19,22H,8-9,16-18,20H2,1-2H3,(H,30,34)(H,31,33). The summed E-state index contributed by atoms with van der Waals surface area (Å²) in [4.78, 5) is 26.4. The summed E-state index contributed by atoms with van der Waals surface area (Å²) < 4.78 is 38.1. The Kier molecular flexibility index (Phi) is 9.21. The van der Waals surface area contributed by atoms with Crippen molar-refractivity contribution in [3.63, 3.8) is 0 Å². The second kappa shape index (κ2) is 12.8. The molecule has 4 rings (SSSR count). The van der Waals surface area contributed by atoms with Crippen LogP contribution in [0.1, 0.15) is 28.8 Å². The maximum absolute atomic E-state index is 13.2. The van der Waals surface area contributed by atoms with Crippen LogP contribution >= 0.6 is 0 Å². The van der Waals surface area contributed by atoms with Gasteiger partial charge in [-0.3, -0.25) is 9.59 Å². The number of nitrogens with zero attached hydrogens (tertiary/aromatic N) is 1. The number of carbonyl (C=O) groups is 2. The van der Waals surface area contributed by atoms with E-state index in [1.165, 1.54) is 4.31 Å². The number of rotatable bonds is 10. The molecule has 39 heavy (non-hydrogen) atoms. The number of para-hydroxylation sites is 1. The van der Waals surface area contributed by atoms with Crippen molar-refractivity contribution in [2.45, 2.75) is 24.2 Å². The minimum Gasteiger partial charge on any atom is -0.493 e. The molecule has 1 aliphatic rings. The molecule has 1 saturated heterocycles. The smallest absolute Gasteiger partial charge is 0.253 e. The van der Waals surface area contributed by atoms with Crippen molar-refractivity contribution in [1.82, 2.24) is 9.62 Å². The predicted molar refractivity (Wildman–Crippen MR) is 149 cm³/mol.